The van der Waals surface area contributed by atoms with Gasteiger partial charge < -0.3 is 10.4 Å². The van der Waals surface area contributed by atoms with Crippen LogP contribution >= 0.6 is 0 Å². The van der Waals surface area contributed by atoms with Crippen LogP contribution < -0.4 is 5.32 Å². The van der Waals surface area contributed by atoms with E-state index in [1.807, 2.05) is 12.1 Å². The molecule has 0 unspecified atom stereocenters. The topological polar surface area (TPSA) is 61.7 Å². The number of carbonyl (C=O) groups excluding carboxylic acids is 1. The van der Waals surface area contributed by atoms with Crippen LogP contribution in [0.15, 0.2) is 29.3 Å². The molecule has 0 spiro atoms. The minimum atomic E-state index is -0.0383. The van der Waals surface area contributed by atoms with Gasteiger partial charge in [0.15, 0.2) is 5.78 Å². The first kappa shape index (κ1) is 23.1. The Morgan fingerprint density at radius 1 is 0.875 bits per heavy atom. The first-order chi connectivity index (χ1) is 15.6. The lowest BCUT2D eigenvalue weighted by molar-refractivity contribution is 0.104. The summed E-state index contributed by atoms with van der Waals surface area (Å²) in [4.78, 5) is 17.9. The predicted molar refractivity (Wildman–Crippen MR) is 133 cm³/mol. The van der Waals surface area contributed by atoms with E-state index in [9.17, 15) is 9.90 Å². The van der Waals surface area contributed by atoms with Crippen LogP contribution in [0.25, 0.3) is 0 Å². The summed E-state index contributed by atoms with van der Waals surface area (Å²) in [6.07, 6.45) is 18.1. The van der Waals surface area contributed by atoms with Gasteiger partial charge in [-0.1, -0.05) is 39.5 Å². The van der Waals surface area contributed by atoms with E-state index in [0.29, 0.717) is 17.2 Å². The maximum absolute atomic E-state index is 12.9. The van der Waals surface area contributed by atoms with Crippen molar-refractivity contribution in [3.8, 4) is 5.75 Å². The number of phenols is 1. The second-order valence-electron chi connectivity index (χ2n) is 10.2. The summed E-state index contributed by atoms with van der Waals surface area (Å²) in [5, 5.41) is 14.4. The van der Waals surface area contributed by atoms with Gasteiger partial charge >= 0.3 is 0 Å². The normalized spacial score (nSPS) is 29.2. The quantitative estimate of drug-likeness (QED) is 0.450. The van der Waals surface area contributed by atoms with Crippen molar-refractivity contribution in [2.45, 2.75) is 103 Å². The third kappa shape index (κ3) is 5.27. The molecule has 1 aromatic rings. The number of benzene rings is 1. The minimum Gasteiger partial charge on any atom is -0.507 e. The molecule has 0 radical (unpaired) electrons. The summed E-state index contributed by atoms with van der Waals surface area (Å²) in [6, 6.07) is 4.28. The number of ketones is 1. The summed E-state index contributed by atoms with van der Waals surface area (Å²) < 4.78 is 0. The van der Waals surface area contributed by atoms with Crippen molar-refractivity contribution in [3.63, 3.8) is 0 Å². The molecule has 1 aromatic carbocycles. The molecule has 0 aliphatic heterocycles. The van der Waals surface area contributed by atoms with Crippen LogP contribution in [0.5, 0.6) is 5.75 Å². The van der Waals surface area contributed by atoms with E-state index in [1.54, 1.807) is 12.1 Å². The highest BCUT2D eigenvalue weighted by Gasteiger charge is 2.28. The smallest absolute Gasteiger partial charge is 0.188 e. The number of rotatable bonds is 7. The third-order valence-corrected chi connectivity index (χ3v) is 7.82. The SMILES string of the molecule is CCCC1CCC(N=C2C=CC(=O)c3c(NC4CCC(CCC)CC4)ccc(O)c32)CC1. The van der Waals surface area contributed by atoms with Crippen molar-refractivity contribution in [1.82, 2.24) is 0 Å². The largest absolute Gasteiger partial charge is 0.507 e. The average Bonchev–Trinajstić information content (AvgIpc) is 2.80. The number of aliphatic imine (C=N–C) groups is 1. The standard InChI is InChI=1S/C28H40N2O2/c1-3-5-19-7-11-21(12-8-19)29-23-15-17-26(32)28-24(16-18-25(31)27(23)28)30-22-13-9-20(6-4-2)10-14-22/h15-22,29,32H,3-14H2,1-2H3. The Bertz CT molecular complexity index is 856. The molecule has 0 atom stereocenters. The molecule has 0 heterocycles. The highest BCUT2D eigenvalue weighted by atomic mass is 16.3. The van der Waals surface area contributed by atoms with Crippen molar-refractivity contribution in [1.29, 1.82) is 0 Å². The highest BCUT2D eigenvalue weighted by molar-refractivity contribution is 6.27. The lowest BCUT2D eigenvalue weighted by atomic mass is 9.83. The van der Waals surface area contributed by atoms with Crippen molar-refractivity contribution < 1.29 is 9.90 Å². The Morgan fingerprint density at radius 3 is 2.12 bits per heavy atom. The maximum Gasteiger partial charge on any atom is 0.188 e. The van der Waals surface area contributed by atoms with E-state index in [2.05, 4.69) is 19.2 Å². The van der Waals surface area contributed by atoms with Gasteiger partial charge in [0.05, 0.1) is 22.9 Å². The first-order valence-corrected chi connectivity index (χ1v) is 13.0. The zero-order valence-corrected chi connectivity index (χ0v) is 19.9. The zero-order chi connectivity index (χ0) is 22.5. The molecule has 2 fully saturated rings. The molecule has 0 bridgehead atoms. The monoisotopic (exact) mass is 436 g/mol. The lowest BCUT2D eigenvalue weighted by Crippen LogP contribution is -2.28. The van der Waals surface area contributed by atoms with Gasteiger partial charge in [0.25, 0.3) is 0 Å². The van der Waals surface area contributed by atoms with Gasteiger partial charge in [-0.2, -0.15) is 0 Å². The third-order valence-electron chi connectivity index (χ3n) is 7.82. The molecule has 3 aliphatic rings. The number of hydrogen-bond donors (Lipinski definition) is 2. The number of nitrogens with one attached hydrogen (secondary N) is 1. The number of allylic oxidation sites excluding steroid dienone is 2. The van der Waals surface area contributed by atoms with Crippen molar-refractivity contribution >= 4 is 17.2 Å². The molecule has 4 nitrogen and oxygen atoms in total. The van der Waals surface area contributed by atoms with Crippen LogP contribution in [-0.2, 0) is 0 Å². The molecule has 174 valence electrons. The molecule has 32 heavy (non-hydrogen) atoms. The highest BCUT2D eigenvalue weighted by Crippen LogP contribution is 2.36. The number of anilines is 1. The minimum absolute atomic E-state index is 0.0383. The number of phenolic OH excluding ortho intramolecular Hbond substituents is 1. The van der Waals surface area contributed by atoms with Gasteiger partial charge in [0, 0.05) is 11.7 Å². The second-order valence-corrected chi connectivity index (χ2v) is 10.2. The number of fused-ring (bicyclic) bond motifs is 1. The van der Waals surface area contributed by atoms with Gasteiger partial charge in [-0.15, -0.1) is 0 Å². The van der Waals surface area contributed by atoms with Crippen molar-refractivity contribution in [2.24, 2.45) is 16.8 Å². The van der Waals surface area contributed by atoms with Crippen LogP contribution in [0.4, 0.5) is 5.69 Å². The summed E-state index contributed by atoms with van der Waals surface area (Å²) >= 11 is 0. The van der Waals surface area contributed by atoms with Crippen LogP contribution in [0.1, 0.15) is 107 Å². The van der Waals surface area contributed by atoms with Crippen molar-refractivity contribution in [2.75, 3.05) is 5.32 Å². The summed E-state index contributed by atoms with van der Waals surface area (Å²) in [6.45, 7) is 4.53. The average molecular weight is 437 g/mol. The van der Waals surface area contributed by atoms with Crippen molar-refractivity contribution in [3.05, 3.63) is 35.4 Å². The van der Waals surface area contributed by atoms with Gasteiger partial charge in [-0.25, -0.2) is 0 Å². The maximum atomic E-state index is 12.9. The van der Waals surface area contributed by atoms with Crippen LogP contribution in [0.2, 0.25) is 0 Å². The van der Waals surface area contributed by atoms with E-state index in [-0.39, 0.29) is 17.6 Å². The number of nitrogens with zero attached hydrogens (tertiary/aromatic N) is 1. The number of aromatic hydroxyl groups is 1. The van der Waals surface area contributed by atoms with Crippen LogP contribution in [-0.4, -0.2) is 28.7 Å². The molecule has 4 heteroatoms. The zero-order valence-electron chi connectivity index (χ0n) is 19.9. The molecular weight excluding hydrogens is 396 g/mol. The molecule has 2 N–H and O–H groups in total. The second kappa shape index (κ2) is 10.7. The van der Waals surface area contributed by atoms with E-state index < -0.39 is 0 Å². The Morgan fingerprint density at radius 2 is 1.50 bits per heavy atom. The molecule has 0 aromatic heterocycles. The Balaban J connectivity index is 1.52. The van der Waals surface area contributed by atoms with Crippen LogP contribution in [0, 0.1) is 11.8 Å². The van der Waals surface area contributed by atoms with E-state index in [1.165, 1.54) is 51.4 Å². The fraction of sp³-hybridized carbons (Fsp3) is 0.643. The Hall–Kier alpha value is -2.10. The Kier molecular flexibility index (Phi) is 7.70. The van der Waals surface area contributed by atoms with Gasteiger partial charge in [-0.05, 0) is 87.5 Å². The fourth-order valence-corrected chi connectivity index (χ4v) is 6.05. The Labute approximate surface area is 193 Å². The predicted octanol–water partition coefficient (Wildman–Crippen LogP) is 7.06. The summed E-state index contributed by atoms with van der Waals surface area (Å²) in [5.74, 6) is 1.81. The van der Waals surface area contributed by atoms with Gasteiger partial charge in [0.1, 0.15) is 5.75 Å². The van der Waals surface area contributed by atoms with E-state index in [0.717, 1.165) is 48.9 Å². The lowest BCUT2D eigenvalue weighted by Gasteiger charge is -2.31. The van der Waals surface area contributed by atoms with E-state index in [4.69, 9.17) is 4.99 Å². The first-order valence-electron chi connectivity index (χ1n) is 13.0. The van der Waals surface area contributed by atoms with Crippen LogP contribution in [0.3, 0.4) is 0 Å². The number of hydrogen-bond acceptors (Lipinski definition) is 4. The van der Waals surface area contributed by atoms with Gasteiger partial charge in [0.2, 0.25) is 0 Å². The molecule has 2 saturated carbocycles. The molecule has 4 rings (SSSR count). The fourth-order valence-electron chi connectivity index (χ4n) is 6.05. The summed E-state index contributed by atoms with van der Waals surface area (Å²) in [5.41, 5.74) is 2.84. The number of carbonyl (C=O) groups is 1. The molecule has 3 aliphatic carbocycles. The van der Waals surface area contributed by atoms with Gasteiger partial charge in [-0.3, -0.25) is 9.79 Å². The molecular formula is C28H40N2O2. The summed E-state index contributed by atoms with van der Waals surface area (Å²) in [7, 11) is 0. The molecule has 0 saturated heterocycles. The van der Waals surface area contributed by atoms with E-state index >= 15 is 0 Å². The molecule has 0 amide bonds.